The van der Waals surface area contributed by atoms with E-state index in [1.165, 1.54) is 0 Å². The highest BCUT2D eigenvalue weighted by atomic mass is 16.5. The van der Waals surface area contributed by atoms with E-state index in [0.717, 1.165) is 5.56 Å². The van der Waals surface area contributed by atoms with Gasteiger partial charge in [0.1, 0.15) is 0 Å². The van der Waals surface area contributed by atoms with Crippen LogP contribution in [0.3, 0.4) is 0 Å². The number of hydrogen-bond acceptors (Lipinski definition) is 3. The van der Waals surface area contributed by atoms with Crippen molar-refractivity contribution in [3.63, 3.8) is 0 Å². The summed E-state index contributed by atoms with van der Waals surface area (Å²) in [4.78, 5) is 21.4. The molecule has 0 aromatic heterocycles. The Kier molecular flexibility index (Phi) is 3.34. The fourth-order valence-corrected chi connectivity index (χ4v) is 1.11. The zero-order chi connectivity index (χ0) is 9.68. The second kappa shape index (κ2) is 4.52. The fraction of sp³-hybridized carbons (Fsp3) is 0.200. The molecule has 0 aliphatic rings. The molecule has 0 saturated heterocycles. The Morgan fingerprint density at radius 3 is 2.77 bits per heavy atom. The largest absolute Gasteiger partial charge is 0.380 e. The van der Waals surface area contributed by atoms with Crippen LogP contribution >= 0.6 is 0 Å². The second-order valence-corrected chi connectivity index (χ2v) is 2.57. The molecule has 0 atom stereocenters. The third-order valence-electron chi connectivity index (χ3n) is 1.69. The summed E-state index contributed by atoms with van der Waals surface area (Å²) in [5.74, 6) is -0.507. The molecular formula is C10H10O3. The molecular weight excluding hydrogens is 168 g/mol. The maximum atomic E-state index is 11.1. The monoisotopic (exact) mass is 178 g/mol. The van der Waals surface area contributed by atoms with Gasteiger partial charge < -0.3 is 4.74 Å². The summed E-state index contributed by atoms with van der Waals surface area (Å²) in [6.45, 7) is 0.343. The predicted octanol–water partition coefficient (Wildman–Crippen LogP) is 1.21. The number of hydrogen-bond donors (Lipinski definition) is 0. The van der Waals surface area contributed by atoms with Crippen LogP contribution in [0.15, 0.2) is 24.3 Å². The summed E-state index contributed by atoms with van der Waals surface area (Å²) < 4.78 is 4.90. The van der Waals surface area contributed by atoms with Crippen LogP contribution in [0.4, 0.5) is 0 Å². The average Bonchev–Trinajstić information content (AvgIpc) is 2.18. The number of ether oxygens (including phenoxy) is 1. The van der Waals surface area contributed by atoms with Gasteiger partial charge in [-0.2, -0.15) is 0 Å². The summed E-state index contributed by atoms with van der Waals surface area (Å²) in [6.07, 6.45) is 0.314. The van der Waals surface area contributed by atoms with Crippen molar-refractivity contribution in [2.24, 2.45) is 0 Å². The van der Waals surface area contributed by atoms with E-state index in [2.05, 4.69) is 0 Å². The lowest BCUT2D eigenvalue weighted by molar-refractivity contribution is -0.104. The van der Waals surface area contributed by atoms with Crippen LogP contribution in [-0.4, -0.2) is 19.2 Å². The lowest BCUT2D eigenvalue weighted by atomic mass is 10.1. The SMILES string of the molecule is COCc1ccccc1C(=O)C=O. The first-order chi connectivity index (χ1) is 6.29. The second-order valence-electron chi connectivity index (χ2n) is 2.57. The number of carbonyl (C=O) groups excluding carboxylic acids is 2. The van der Waals surface area contributed by atoms with E-state index in [4.69, 9.17) is 4.74 Å². The molecule has 0 bridgehead atoms. The van der Waals surface area contributed by atoms with E-state index in [1.807, 2.05) is 0 Å². The van der Waals surface area contributed by atoms with Crippen molar-refractivity contribution in [2.75, 3.05) is 7.11 Å². The minimum atomic E-state index is -0.507. The highest BCUT2D eigenvalue weighted by Crippen LogP contribution is 2.09. The molecule has 1 aromatic carbocycles. The summed E-state index contributed by atoms with van der Waals surface area (Å²) in [5.41, 5.74) is 1.15. The van der Waals surface area contributed by atoms with Crippen LogP contribution in [0.1, 0.15) is 15.9 Å². The molecule has 0 spiro atoms. The van der Waals surface area contributed by atoms with Crippen molar-refractivity contribution in [1.82, 2.24) is 0 Å². The summed E-state index contributed by atoms with van der Waals surface area (Å²) in [5, 5.41) is 0. The molecule has 68 valence electrons. The number of methoxy groups -OCH3 is 1. The molecule has 1 aromatic rings. The molecule has 0 amide bonds. The van der Waals surface area contributed by atoms with E-state index in [9.17, 15) is 9.59 Å². The molecule has 0 heterocycles. The standard InChI is InChI=1S/C10H10O3/c1-13-7-8-4-2-3-5-9(8)10(12)6-11/h2-6H,7H2,1H3. The topological polar surface area (TPSA) is 43.4 Å². The Hall–Kier alpha value is -1.48. The molecule has 1 rings (SSSR count). The van der Waals surface area contributed by atoms with Crippen LogP contribution in [0.25, 0.3) is 0 Å². The van der Waals surface area contributed by atoms with Gasteiger partial charge in [0.2, 0.25) is 5.78 Å². The third kappa shape index (κ3) is 2.23. The number of benzene rings is 1. The van der Waals surface area contributed by atoms with Gasteiger partial charge in [-0.25, -0.2) is 0 Å². The first-order valence-electron chi connectivity index (χ1n) is 3.86. The molecule has 0 unspecified atom stereocenters. The molecule has 0 aliphatic carbocycles. The van der Waals surface area contributed by atoms with Crippen molar-refractivity contribution in [3.8, 4) is 0 Å². The molecule has 0 aliphatic heterocycles. The third-order valence-corrected chi connectivity index (χ3v) is 1.69. The van der Waals surface area contributed by atoms with Crippen LogP contribution < -0.4 is 0 Å². The van der Waals surface area contributed by atoms with Crippen LogP contribution in [0.5, 0.6) is 0 Å². The molecule has 0 N–H and O–H groups in total. The van der Waals surface area contributed by atoms with Gasteiger partial charge in [0.25, 0.3) is 0 Å². The normalized spacial score (nSPS) is 9.62. The zero-order valence-electron chi connectivity index (χ0n) is 7.32. The van der Waals surface area contributed by atoms with Crippen LogP contribution in [0.2, 0.25) is 0 Å². The van der Waals surface area contributed by atoms with Crippen molar-refractivity contribution in [1.29, 1.82) is 0 Å². The van der Waals surface area contributed by atoms with Gasteiger partial charge in [-0.15, -0.1) is 0 Å². The van der Waals surface area contributed by atoms with Gasteiger partial charge in [0.15, 0.2) is 6.29 Å². The van der Waals surface area contributed by atoms with Crippen LogP contribution in [0, 0.1) is 0 Å². The molecule has 13 heavy (non-hydrogen) atoms. The van der Waals surface area contributed by atoms with Gasteiger partial charge in [0.05, 0.1) is 6.61 Å². The van der Waals surface area contributed by atoms with Gasteiger partial charge in [0, 0.05) is 12.7 Å². The van der Waals surface area contributed by atoms with E-state index in [0.29, 0.717) is 18.5 Å². The average molecular weight is 178 g/mol. The van der Waals surface area contributed by atoms with E-state index in [1.54, 1.807) is 31.4 Å². The number of rotatable bonds is 4. The zero-order valence-corrected chi connectivity index (χ0v) is 7.32. The molecule has 3 nitrogen and oxygen atoms in total. The van der Waals surface area contributed by atoms with Crippen LogP contribution in [-0.2, 0) is 16.1 Å². The Morgan fingerprint density at radius 2 is 2.15 bits per heavy atom. The van der Waals surface area contributed by atoms with E-state index in [-0.39, 0.29) is 0 Å². The maximum absolute atomic E-state index is 11.1. The van der Waals surface area contributed by atoms with Gasteiger partial charge in [-0.05, 0) is 5.56 Å². The first kappa shape index (κ1) is 9.61. The lowest BCUT2D eigenvalue weighted by Gasteiger charge is -2.03. The van der Waals surface area contributed by atoms with Crippen molar-refractivity contribution < 1.29 is 14.3 Å². The molecule has 0 radical (unpaired) electrons. The highest BCUT2D eigenvalue weighted by Gasteiger charge is 2.08. The smallest absolute Gasteiger partial charge is 0.225 e. The maximum Gasteiger partial charge on any atom is 0.225 e. The summed E-state index contributed by atoms with van der Waals surface area (Å²) >= 11 is 0. The van der Waals surface area contributed by atoms with Crippen molar-refractivity contribution in [3.05, 3.63) is 35.4 Å². The van der Waals surface area contributed by atoms with Crippen molar-refractivity contribution in [2.45, 2.75) is 6.61 Å². The summed E-state index contributed by atoms with van der Waals surface area (Å²) in [7, 11) is 1.54. The van der Waals surface area contributed by atoms with E-state index >= 15 is 0 Å². The Morgan fingerprint density at radius 1 is 1.46 bits per heavy atom. The number of ketones is 1. The number of aldehydes is 1. The minimum absolute atomic E-state index is 0.314. The number of carbonyl (C=O) groups is 2. The fourth-order valence-electron chi connectivity index (χ4n) is 1.11. The molecule has 0 saturated carbocycles. The summed E-state index contributed by atoms with van der Waals surface area (Å²) in [6, 6.07) is 6.90. The number of Topliss-reactive ketones (excluding diaryl/α,β-unsaturated/α-hetero) is 1. The quantitative estimate of drug-likeness (QED) is 0.395. The predicted molar refractivity (Wildman–Crippen MR) is 47.5 cm³/mol. The Balaban J connectivity index is 3.03. The minimum Gasteiger partial charge on any atom is -0.380 e. The van der Waals surface area contributed by atoms with Gasteiger partial charge >= 0.3 is 0 Å². The molecule has 3 heteroatoms. The van der Waals surface area contributed by atoms with Crippen molar-refractivity contribution >= 4 is 12.1 Å². The molecule has 0 fully saturated rings. The first-order valence-corrected chi connectivity index (χ1v) is 3.86. The Bertz CT molecular complexity index is 318. The van der Waals surface area contributed by atoms with Gasteiger partial charge in [-0.1, -0.05) is 24.3 Å². The van der Waals surface area contributed by atoms with Gasteiger partial charge in [-0.3, -0.25) is 9.59 Å². The lowest BCUT2D eigenvalue weighted by Crippen LogP contribution is -2.05. The van der Waals surface area contributed by atoms with E-state index < -0.39 is 5.78 Å². The highest BCUT2D eigenvalue weighted by molar-refractivity contribution is 6.33. The Labute approximate surface area is 76.3 Å².